The van der Waals surface area contributed by atoms with Crippen molar-refractivity contribution in [3.63, 3.8) is 0 Å². The molecule has 1 fully saturated rings. The highest BCUT2D eigenvalue weighted by Gasteiger charge is 2.35. The Morgan fingerprint density at radius 3 is 2.79 bits per heavy atom. The number of para-hydroxylation sites is 1. The number of nitrogens with two attached hydrogens (primary N) is 1. The van der Waals surface area contributed by atoms with Gasteiger partial charge in [-0.2, -0.15) is 0 Å². The van der Waals surface area contributed by atoms with Crippen LogP contribution in [-0.4, -0.2) is 38.6 Å². The average Bonchev–Trinajstić information content (AvgIpc) is 2.90. The lowest BCUT2D eigenvalue weighted by atomic mass is 9.83. The lowest BCUT2D eigenvalue weighted by Gasteiger charge is -2.42. The fourth-order valence-electron chi connectivity index (χ4n) is 6.18. The summed E-state index contributed by atoms with van der Waals surface area (Å²) in [7, 11) is 0. The van der Waals surface area contributed by atoms with Gasteiger partial charge < -0.3 is 19.8 Å². The van der Waals surface area contributed by atoms with E-state index in [9.17, 15) is 19.5 Å². The second kappa shape index (κ2) is 9.57. The van der Waals surface area contributed by atoms with Crippen molar-refractivity contribution in [2.24, 2.45) is 11.7 Å². The molecule has 38 heavy (non-hydrogen) atoms. The van der Waals surface area contributed by atoms with E-state index in [1.165, 1.54) is 6.07 Å². The second-order valence-electron chi connectivity index (χ2n) is 10.3. The predicted molar refractivity (Wildman–Crippen MR) is 141 cm³/mol. The third-order valence-electron chi connectivity index (χ3n) is 7.71. The summed E-state index contributed by atoms with van der Waals surface area (Å²) >= 11 is 0. The topological polar surface area (TPSA) is 132 Å². The summed E-state index contributed by atoms with van der Waals surface area (Å²) in [4.78, 5) is 43.9. The first-order valence-corrected chi connectivity index (χ1v) is 12.8. The van der Waals surface area contributed by atoms with Crippen LogP contribution in [0.4, 0.5) is 0 Å². The van der Waals surface area contributed by atoms with Crippen LogP contribution in [0, 0.1) is 5.92 Å². The number of aromatic nitrogens is 2. The van der Waals surface area contributed by atoms with E-state index in [1.807, 2.05) is 34.9 Å². The molecule has 0 unspecified atom stereocenters. The van der Waals surface area contributed by atoms with Gasteiger partial charge in [0.05, 0.1) is 18.0 Å². The highest BCUT2D eigenvalue weighted by atomic mass is 16.4. The molecule has 6 rings (SSSR count). The van der Waals surface area contributed by atoms with Crippen molar-refractivity contribution in [2.75, 3.05) is 13.1 Å². The first-order chi connectivity index (χ1) is 18.4. The van der Waals surface area contributed by atoms with Crippen molar-refractivity contribution in [3.05, 3.63) is 104 Å². The van der Waals surface area contributed by atoms with E-state index >= 15 is 0 Å². The molecule has 9 heteroatoms. The molecule has 4 aromatic rings. The Labute approximate surface area is 218 Å². The van der Waals surface area contributed by atoms with Gasteiger partial charge in [-0.1, -0.05) is 24.3 Å². The standard InChI is InChI=1S/C29H28N4O5/c30-26(35)12-22(20-8-9-31-23-5-2-1-4-21(20)23)29-28(37)25(34)11-19(38-29)16-32-13-17-10-18(15-32)24-6-3-7-27(36)33(24)14-17/h1-9,11,17-18,22,37H,10,12-16H2,(H2,30,35)/t17-,18+,22+/m1/s1. The van der Waals surface area contributed by atoms with Gasteiger partial charge in [-0.3, -0.25) is 24.3 Å². The Morgan fingerprint density at radius 1 is 1.11 bits per heavy atom. The minimum atomic E-state index is -0.757. The Kier molecular flexibility index (Phi) is 6.07. The number of carbonyl (C=O) groups is 1. The van der Waals surface area contributed by atoms with E-state index in [0.29, 0.717) is 30.3 Å². The van der Waals surface area contributed by atoms with Crippen LogP contribution in [0.3, 0.4) is 0 Å². The number of amides is 1. The number of primary amides is 1. The van der Waals surface area contributed by atoms with Gasteiger partial charge >= 0.3 is 0 Å². The van der Waals surface area contributed by atoms with Crippen molar-refractivity contribution in [2.45, 2.75) is 37.8 Å². The molecule has 9 nitrogen and oxygen atoms in total. The molecular formula is C29H28N4O5. The van der Waals surface area contributed by atoms with Gasteiger partial charge in [-0.05, 0) is 36.1 Å². The van der Waals surface area contributed by atoms with Crippen LogP contribution in [0.5, 0.6) is 5.75 Å². The summed E-state index contributed by atoms with van der Waals surface area (Å²) in [6.45, 7) is 2.52. The molecule has 0 aliphatic carbocycles. The van der Waals surface area contributed by atoms with Gasteiger partial charge in [0.15, 0.2) is 5.76 Å². The summed E-state index contributed by atoms with van der Waals surface area (Å²) in [5.41, 5.74) is 7.52. The fraction of sp³-hybridized carbons (Fsp3) is 0.310. The molecule has 3 aromatic heterocycles. The normalized spacial score (nSPS) is 19.7. The number of hydrogen-bond donors (Lipinski definition) is 2. The lowest BCUT2D eigenvalue weighted by molar-refractivity contribution is -0.118. The third-order valence-corrected chi connectivity index (χ3v) is 7.71. The number of pyridine rings is 2. The minimum Gasteiger partial charge on any atom is -0.502 e. The predicted octanol–water partition coefficient (Wildman–Crippen LogP) is 2.68. The lowest BCUT2D eigenvalue weighted by Crippen LogP contribution is -2.46. The zero-order valence-corrected chi connectivity index (χ0v) is 20.7. The summed E-state index contributed by atoms with van der Waals surface area (Å²) in [6.07, 6.45) is 2.49. The van der Waals surface area contributed by atoms with Crippen LogP contribution < -0.4 is 16.7 Å². The van der Waals surface area contributed by atoms with Crippen molar-refractivity contribution in [1.82, 2.24) is 14.5 Å². The molecule has 3 N–H and O–H groups in total. The largest absolute Gasteiger partial charge is 0.502 e. The zero-order chi connectivity index (χ0) is 26.4. The first kappa shape index (κ1) is 24.1. The minimum absolute atomic E-state index is 0.0248. The molecule has 1 aromatic carbocycles. The summed E-state index contributed by atoms with van der Waals surface area (Å²) in [5.74, 6) is -0.905. The first-order valence-electron chi connectivity index (χ1n) is 12.8. The van der Waals surface area contributed by atoms with E-state index in [2.05, 4.69) is 9.88 Å². The molecule has 1 amide bonds. The van der Waals surface area contributed by atoms with Crippen LogP contribution in [0.25, 0.3) is 10.9 Å². The van der Waals surface area contributed by atoms with Gasteiger partial charge in [-0.25, -0.2) is 0 Å². The van der Waals surface area contributed by atoms with E-state index in [1.54, 1.807) is 24.4 Å². The van der Waals surface area contributed by atoms with Crippen molar-refractivity contribution in [3.8, 4) is 5.75 Å². The maximum Gasteiger partial charge on any atom is 0.250 e. The summed E-state index contributed by atoms with van der Waals surface area (Å²) < 4.78 is 8.07. The van der Waals surface area contributed by atoms with E-state index in [4.69, 9.17) is 10.2 Å². The SMILES string of the molecule is NC(=O)C[C@H](c1oc(CN2C[C@H]3C[C@@H](C2)c2cccc(=O)n2C3)cc(=O)c1O)c1ccnc2ccccc12. The molecule has 1 saturated heterocycles. The van der Waals surface area contributed by atoms with E-state index in [0.717, 1.165) is 36.1 Å². The Hall–Kier alpha value is -4.24. The molecule has 2 bridgehead atoms. The quantitative estimate of drug-likeness (QED) is 0.406. The molecule has 0 radical (unpaired) electrons. The highest BCUT2D eigenvalue weighted by molar-refractivity contribution is 5.84. The van der Waals surface area contributed by atoms with Gasteiger partial charge in [0, 0.05) is 61.4 Å². The number of fused-ring (bicyclic) bond motifs is 5. The van der Waals surface area contributed by atoms with Crippen molar-refractivity contribution in [1.29, 1.82) is 0 Å². The van der Waals surface area contributed by atoms with Crippen LogP contribution in [0.2, 0.25) is 0 Å². The molecule has 2 aliphatic rings. The fourth-order valence-corrected chi connectivity index (χ4v) is 6.18. The van der Waals surface area contributed by atoms with Crippen molar-refractivity contribution < 1.29 is 14.3 Å². The molecule has 2 aliphatic heterocycles. The van der Waals surface area contributed by atoms with Crippen LogP contribution in [0.15, 0.2) is 74.8 Å². The maximum atomic E-state index is 12.9. The van der Waals surface area contributed by atoms with Gasteiger partial charge in [0.1, 0.15) is 5.76 Å². The number of hydrogen-bond acceptors (Lipinski definition) is 7. The van der Waals surface area contributed by atoms with E-state index < -0.39 is 23.0 Å². The number of likely N-dealkylation sites (tertiary alicyclic amines) is 1. The molecule has 5 heterocycles. The maximum absolute atomic E-state index is 12.9. The van der Waals surface area contributed by atoms with Gasteiger partial charge in [-0.15, -0.1) is 0 Å². The van der Waals surface area contributed by atoms with Gasteiger partial charge in [0.25, 0.3) is 5.56 Å². The smallest absolute Gasteiger partial charge is 0.250 e. The number of aromatic hydroxyl groups is 1. The summed E-state index contributed by atoms with van der Waals surface area (Å²) in [5, 5.41) is 11.6. The Morgan fingerprint density at radius 2 is 1.95 bits per heavy atom. The van der Waals surface area contributed by atoms with Crippen LogP contribution >= 0.6 is 0 Å². The molecule has 0 saturated carbocycles. The zero-order valence-electron chi connectivity index (χ0n) is 20.7. The Bertz CT molecular complexity index is 1650. The third kappa shape index (κ3) is 4.39. The number of piperidine rings is 1. The number of nitrogens with zero attached hydrogens (tertiary/aromatic N) is 3. The Balaban J connectivity index is 1.35. The second-order valence-corrected chi connectivity index (χ2v) is 10.3. The number of rotatable bonds is 6. The number of carbonyl (C=O) groups excluding carboxylic acids is 1. The van der Waals surface area contributed by atoms with E-state index in [-0.39, 0.29) is 23.7 Å². The molecule has 3 atom stereocenters. The van der Waals surface area contributed by atoms with Crippen LogP contribution in [0.1, 0.15) is 47.5 Å². The molecule has 194 valence electrons. The number of benzene rings is 1. The highest BCUT2D eigenvalue weighted by Crippen LogP contribution is 2.38. The van der Waals surface area contributed by atoms with Crippen LogP contribution in [-0.2, 0) is 17.9 Å². The average molecular weight is 513 g/mol. The monoisotopic (exact) mass is 512 g/mol. The molecular weight excluding hydrogens is 484 g/mol. The summed E-state index contributed by atoms with van der Waals surface area (Å²) in [6, 6.07) is 15.9. The molecule has 0 spiro atoms. The van der Waals surface area contributed by atoms with Gasteiger partial charge in [0.2, 0.25) is 17.1 Å². The van der Waals surface area contributed by atoms with Crippen molar-refractivity contribution >= 4 is 16.8 Å².